The van der Waals surface area contributed by atoms with Gasteiger partial charge in [-0.2, -0.15) is 0 Å². The second-order valence-electron chi connectivity index (χ2n) is 0.548. The van der Waals surface area contributed by atoms with Crippen LogP contribution in [0.1, 0.15) is 0 Å². The van der Waals surface area contributed by atoms with Crippen molar-refractivity contribution in [2.45, 2.75) is 0 Å². The predicted octanol–water partition coefficient (Wildman–Crippen LogP) is -3.65. The Kier molecular flexibility index (Phi) is 706. The molecule has 0 amide bonds. The maximum Gasteiger partial charge on any atom is 3.00 e. The first kappa shape index (κ1) is 59.7. The van der Waals surface area contributed by atoms with Gasteiger partial charge in [0.1, 0.15) is 0 Å². The minimum absolute atomic E-state index is 0. The summed E-state index contributed by atoms with van der Waals surface area (Å²) in [6, 6.07) is 0. The van der Waals surface area contributed by atoms with Gasteiger partial charge < -0.3 is 32.5 Å². The van der Waals surface area contributed by atoms with E-state index >= 15 is 0 Å². The zero-order chi connectivity index (χ0) is 16.2. The van der Waals surface area contributed by atoms with Gasteiger partial charge in [0.25, 0.3) is 0 Å². The molecule has 0 bridgehead atoms. The Hall–Kier alpha value is -1.03. The molecule has 0 aliphatic heterocycles. The fourth-order valence-corrected chi connectivity index (χ4v) is 0. The first-order valence-electron chi connectivity index (χ1n) is 2.57. The Balaban J connectivity index is -0.0000000114. The summed E-state index contributed by atoms with van der Waals surface area (Å²) in [4.78, 5) is 49.4. The predicted molar refractivity (Wildman–Crippen MR) is 54.3 cm³/mol. The van der Waals surface area contributed by atoms with Gasteiger partial charge in [-0.15, -0.1) is 0 Å². The Morgan fingerprint density at radius 2 is 0.429 bits per heavy atom. The first-order valence-corrected chi connectivity index (χ1v) is 2.57. The van der Waals surface area contributed by atoms with Crippen LogP contribution in [0.25, 0.3) is 32.5 Å². The van der Waals surface area contributed by atoms with Gasteiger partial charge in [-0.25, -0.2) is 0 Å². The molecule has 0 aromatic heterocycles. The van der Waals surface area contributed by atoms with Crippen molar-refractivity contribution in [1.29, 1.82) is 0 Å². The van der Waals surface area contributed by atoms with Crippen molar-refractivity contribution in [2.75, 3.05) is 0 Å². The molecule has 21 heavy (non-hydrogen) atoms. The van der Waals surface area contributed by atoms with Gasteiger partial charge in [-0.1, -0.05) is 0 Å². The van der Waals surface area contributed by atoms with Crippen LogP contribution in [0.3, 0.4) is 0 Å². The topological polar surface area (TPSA) is 236 Å². The molecule has 1 radical (unpaired) electrons. The minimum Gasteiger partial charge on any atom is -0.724 e. The summed E-state index contributed by atoms with van der Waals surface area (Å²) in [7, 11) is 0. The molecular formula is C6CrFeKN6O6. The quantitative estimate of drug-likeness (QED) is 0.226. The average molecular weight is 399 g/mol. The minimum atomic E-state index is 0. The molecule has 0 spiro atoms. The SMILES string of the molecule is [Cr+3].[Fe+2].[K+].[N-]=C=O.[N-]=C=O.[N-]=C=O.[N-]=C=O.[N-]=C=O.[N-]=C=O. The van der Waals surface area contributed by atoms with Crippen LogP contribution < -0.4 is 51.4 Å². The third kappa shape index (κ3) is 5130. The fourth-order valence-electron chi connectivity index (χ4n) is 0. The molecule has 0 aromatic rings. The Morgan fingerprint density at radius 3 is 0.429 bits per heavy atom. The molecule has 12 nitrogen and oxygen atoms in total. The zero-order valence-electron chi connectivity index (χ0n) is 9.89. The van der Waals surface area contributed by atoms with Crippen molar-refractivity contribution < 1.29 is 115 Å². The molecule has 0 N–H and O–H groups in total. The number of hydrogen-bond donors (Lipinski definition) is 0. The summed E-state index contributed by atoms with van der Waals surface area (Å²) in [6.45, 7) is 0. The summed E-state index contributed by atoms with van der Waals surface area (Å²) < 4.78 is 0. The van der Waals surface area contributed by atoms with Gasteiger partial charge in [-0.05, 0) is 36.5 Å². The second kappa shape index (κ2) is 248. The van der Waals surface area contributed by atoms with Crippen molar-refractivity contribution in [1.82, 2.24) is 0 Å². The molecule has 0 saturated carbocycles. The number of carbonyl (C=O) groups excluding carboxylic acids is 6. The molecular weight excluding hydrogens is 399 g/mol. The van der Waals surface area contributed by atoms with E-state index in [4.69, 9.17) is 61.2 Å². The van der Waals surface area contributed by atoms with Crippen molar-refractivity contribution in [3.8, 4) is 0 Å². The molecule has 0 aliphatic carbocycles. The van der Waals surface area contributed by atoms with Crippen molar-refractivity contribution in [2.24, 2.45) is 0 Å². The smallest absolute Gasteiger partial charge is 0.724 e. The Morgan fingerprint density at radius 1 is 0.429 bits per heavy atom. The monoisotopic (exact) mass is 399 g/mol. The fraction of sp³-hybridized carbons (Fsp3) is 0. The van der Waals surface area contributed by atoms with E-state index in [2.05, 4.69) is 0 Å². The molecule has 0 unspecified atom stereocenters. The summed E-state index contributed by atoms with van der Waals surface area (Å²) in [5.74, 6) is 0. The first-order chi connectivity index (χ1) is 8.49. The van der Waals surface area contributed by atoms with Crippen LogP contribution >= 0.6 is 0 Å². The van der Waals surface area contributed by atoms with Gasteiger partial charge >= 0.3 is 85.8 Å². The molecule has 0 fully saturated rings. The van der Waals surface area contributed by atoms with Gasteiger partial charge in [0.05, 0.1) is 0 Å². The van der Waals surface area contributed by atoms with E-state index in [1.807, 2.05) is 0 Å². The molecule has 105 valence electrons. The normalized spacial score (nSPS) is 2.29. The number of isocyanates is 6. The zero-order valence-corrected chi connectivity index (χ0v) is 15.4. The van der Waals surface area contributed by atoms with Gasteiger partial charge in [0.2, 0.25) is 0 Å². The number of nitrogens with zero attached hydrogens (tertiary/aromatic N) is 6. The van der Waals surface area contributed by atoms with Crippen LogP contribution in [-0.2, 0) is 63.2 Å². The standard InChI is InChI=1S/6CNO.Cr.Fe.K/c6*2-1-3;;;/q6*-1;+3;+2;+1. The Bertz CT molecular complexity index is 265. The van der Waals surface area contributed by atoms with Crippen molar-refractivity contribution >= 4 is 36.5 Å². The van der Waals surface area contributed by atoms with Crippen LogP contribution in [0.4, 0.5) is 0 Å². The van der Waals surface area contributed by atoms with Gasteiger partial charge in [0, 0.05) is 0 Å². The van der Waals surface area contributed by atoms with E-state index in [0.29, 0.717) is 36.5 Å². The molecule has 0 rings (SSSR count). The van der Waals surface area contributed by atoms with Crippen LogP contribution in [0.15, 0.2) is 0 Å². The van der Waals surface area contributed by atoms with Crippen LogP contribution in [0.5, 0.6) is 0 Å². The van der Waals surface area contributed by atoms with Crippen LogP contribution in [0.2, 0.25) is 0 Å². The third-order valence-electron chi connectivity index (χ3n) is 0. The van der Waals surface area contributed by atoms with E-state index in [1.165, 1.54) is 0 Å². The van der Waals surface area contributed by atoms with E-state index in [9.17, 15) is 0 Å². The molecule has 0 aromatic carbocycles. The van der Waals surface area contributed by atoms with E-state index < -0.39 is 0 Å². The number of hydrogen-bond acceptors (Lipinski definition) is 6. The second-order valence-corrected chi connectivity index (χ2v) is 0.548. The molecule has 0 aliphatic rings. The maximum absolute atomic E-state index is 8.24. The van der Waals surface area contributed by atoms with E-state index in [-0.39, 0.29) is 85.8 Å². The van der Waals surface area contributed by atoms with Crippen LogP contribution in [0, 0.1) is 0 Å². The molecule has 15 heteroatoms. The summed E-state index contributed by atoms with van der Waals surface area (Å²) >= 11 is 0. The van der Waals surface area contributed by atoms with Crippen molar-refractivity contribution in [3.05, 3.63) is 32.5 Å². The maximum atomic E-state index is 8.24. The number of rotatable bonds is 0. The van der Waals surface area contributed by atoms with Crippen LogP contribution in [-0.4, -0.2) is 36.5 Å². The van der Waals surface area contributed by atoms with E-state index in [0.717, 1.165) is 0 Å². The van der Waals surface area contributed by atoms with Crippen molar-refractivity contribution in [3.63, 3.8) is 0 Å². The average Bonchev–Trinajstić information content (AvgIpc) is 2.23. The Labute approximate surface area is 181 Å². The largest absolute Gasteiger partial charge is 3.00 e. The van der Waals surface area contributed by atoms with E-state index in [1.54, 1.807) is 0 Å². The third-order valence-corrected chi connectivity index (χ3v) is 0. The van der Waals surface area contributed by atoms with Gasteiger partial charge in [0.15, 0.2) is 0 Å². The molecule has 0 heterocycles. The molecule has 0 atom stereocenters. The molecule has 0 saturated heterocycles. The summed E-state index contributed by atoms with van der Waals surface area (Å²) in [5.41, 5.74) is 0. The summed E-state index contributed by atoms with van der Waals surface area (Å²) in [5, 5.41) is 40.6. The summed E-state index contributed by atoms with van der Waals surface area (Å²) in [6.07, 6.45) is 3.00. The van der Waals surface area contributed by atoms with Gasteiger partial charge in [-0.3, -0.25) is 28.8 Å².